The van der Waals surface area contributed by atoms with Gasteiger partial charge in [-0.15, -0.1) is 11.3 Å². The van der Waals surface area contributed by atoms with Gasteiger partial charge in [-0.1, -0.05) is 53.5 Å². The molecule has 0 aliphatic carbocycles. The lowest BCUT2D eigenvalue weighted by molar-refractivity contribution is 0.0739. The summed E-state index contributed by atoms with van der Waals surface area (Å²) in [6, 6.07) is 28.4. The summed E-state index contributed by atoms with van der Waals surface area (Å²) in [4.78, 5) is 25.4. The first-order valence-electron chi connectivity index (χ1n) is 11.8. The van der Waals surface area contributed by atoms with Crippen LogP contribution in [0, 0.1) is 0 Å². The molecule has 1 aromatic heterocycles. The van der Waals surface area contributed by atoms with Crippen molar-refractivity contribution in [3.63, 3.8) is 0 Å². The van der Waals surface area contributed by atoms with E-state index in [2.05, 4.69) is 10.5 Å². The Kier molecular flexibility index (Phi) is 8.22. The van der Waals surface area contributed by atoms with Gasteiger partial charge in [0.05, 0.1) is 11.2 Å². The van der Waals surface area contributed by atoms with Crippen LogP contribution in [0.1, 0.15) is 31.2 Å². The molecule has 0 aliphatic heterocycles. The highest BCUT2D eigenvalue weighted by atomic mass is 35.5. The van der Waals surface area contributed by atoms with Crippen molar-refractivity contribution in [1.29, 1.82) is 0 Å². The number of hydrazone groups is 1. The molecule has 5 rings (SSSR count). The van der Waals surface area contributed by atoms with E-state index in [1.807, 2.05) is 36.4 Å². The molecule has 0 aliphatic rings. The topological polar surface area (TPSA) is 77.0 Å². The van der Waals surface area contributed by atoms with Crippen LogP contribution in [0.5, 0.6) is 11.5 Å². The van der Waals surface area contributed by atoms with E-state index in [9.17, 15) is 9.59 Å². The number of hydrogen-bond donors (Lipinski definition) is 1. The van der Waals surface area contributed by atoms with E-state index in [-0.39, 0.29) is 5.91 Å². The maximum atomic E-state index is 12.6. The fourth-order valence-electron chi connectivity index (χ4n) is 3.60. The van der Waals surface area contributed by atoms with Gasteiger partial charge in [0, 0.05) is 20.7 Å². The zero-order chi connectivity index (χ0) is 27.2. The van der Waals surface area contributed by atoms with Crippen molar-refractivity contribution in [2.45, 2.75) is 6.61 Å². The van der Waals surface area contributed by atoms with Gasteiger partial charge in [0.2, 0.25) is 0 Å². The number of hydrogen-bond acceptors (Lipinski definition) is 6. The van der Waals surface area contributed by atoms with E-state index in [1.54, 1.807) is 60.7 Å². The Labute approximate surface area is 238 Å². The van der Waals surface area contributed by atoms with Crippen molar-refractivity contribution in [2.24, 2.45) is 5.10 Å². The minimum absolute atomic E-state index is 0.345. The molecule has 1 N–H and O–H groups in total. The number of rotatable bonds is 8. The number of nitrogens with one attached hydrogen (secondary N) is 1. The van der Waals surface area contributed by atoms with Crippen LogP contribution >= 0.6 is 34.5 Å². The third-order valence-corrected chi connectivity index (χ3v) is 7.53. The second-order valence-electron chi connectivity index (χ2n) is 8.34. The molecule has 0 radical (unpaired) electrons. The first-order chi connectivity index (χ1) is 19.0. The largest absolute Gasteiger partial charge is 0.489 e. The summed E-state index contributed by atoms with van der Waals surface area (Å²) in [5.41, 5.74) is 4.60. The van der Waals surface area contributed by atoms with E-state index in [0.717, 1.165) is 15.6 Å². The van der Waals surface area contributed by atoms with Gasteiger partial charge in [0.1, 0.15) is 23.0 Å². The summed E-state index contributed by atoms with van der Waals surface area (Å²) in [5, 5.41) is 5.87. The Morgan fingerprint density at radius 2 is 1.54 bits per heavy atom. The van der Waals surface area contributed by atoms with Crippen LogP contribution in [0.4, 0.5) is 0 Å². The predicted molar refractivity (Wildman–Crippen MR) is 156 cm³/mol. The molecule has 6 nitrogen and oxygen atoms in total. The van der Waals surface area contributed by atoms with Gasteiger partial charge in [0.15, 0.2) is 0 Å². The second-order valence-corrected chi connectivity index (χ2v) is 10.2. The molecule has 0 saturated heterocycles. The van der Waals surface area contributed by atoms with Gasteiger partial charge in [0.25, 0.3) is 5.91 Å². The van der Waals surface area contributed by atoms with Gasteiger partial charge < -0.3 is 9.47 Å². The molecule has 0 spiro atoms. The number of amides is 1. The fraction of sp³-hybridized carbons (Fsp3) is 0.0333. The lowest BCUT2D eigenvalue weighted by Gasteiger charge is -2.07. The lowest BCUT2D eigenvalue weighted by Crippen LogP contribution is -2.17. The molecule has 0 atom stereocenters. The molecular formula is C30H20Cl2N2O4S. The highest BCUT2D eigenvalue weighted by Crippen LogP contribution is 2.35. The standard InChI is InChI=1S/C30H20Cl2N2O4S/c31-22-11-15-23(16-12-22)37-18-20-5-9-21(10-6-20)29(35)34-33-17-19-7-13-24(14-8-19)38-30(36)28-27(32)25-3-1-2-4-26(25)39-28/h1-17H,18H2,(H,34,35)/b33-17+. The van der Waals surface area contributed by atoms with Crippen LogP contribution in [0.15, 0.2) is 102 Å². The quantitative estimate of drug-likeness (QED) is 0.0888. The molecule has 1 amide bonds. The van der Waals surface area contributed by atoms with Crippen molar-refractivity contribution >= 4 is 62.7 Å². The maximum Gasteiger partial charge on any atom is 0.355 e. The Bertz CT molecular complexity index is 1650. The van der Waals surface area contributed by atoms with Crippen molar-refractivity contribution < 1.29 is 19.1 Å². The average Bonchev–Trinajstić information content (AvgIpc) is 3.30. The summed E-state index contributed by atoms with van der Waals surface area (Å²) in [5.74, 6) is 0.219. The Balaban J connectivity index is 1.12. The summed E-state index contributed by atoms with van der Waals surface area (Å²) in [7, 11) is 0. The predicted octanol–water partition coefficient (Wildman–Crippen LogP) is 7.77. The van der Waals surface area contributed by atoms with Crippen molar-refractivity contribution in [3.8, 4) is 11.5 Å². The third kappa shape index (κ3) is 6.64. The van der Waals surface area contributed by atoms with Gasteiger partial charge in [-0.2, -0.15) is 5.10 Å². The van der Waals surface area contributed by atoms with Gasteiger partial charge in [-0.05, 0) is 77.9 Å². The maximum absolute atomic E-state index is 12.6. The monoisotopic (exact) mass is 574 g/mol. The molecular weight excluding hydrogens is 555 g/mol. The zero-order valence-electron chi connectivity index (χ0n) is 20.3. The normalized spacial score (nSPS) is 11.0. The first-order valence-corrected chi connectivity index (χ1v) is 13.3. The number of ether oxygens (including phenoxy) is 2. The molecule has 194 valence electrons. The number of nitrogens with zero attached hydrogens (tertiary/aromatic N) is 1. The van der Waals surface area contributed by atoms with E-state index >= 15 is 0 Å². The van der Waals surface area contributed by atoms with E-state index in [0.29, 0.717) is 44.2 Å². The summed E-state index contributed by atoms with van der Waals surface area (Å²) in [6.45, 7) is 0.365. The smallest absolute Gasteiger partial charge is 0.355 e. The lowest BCUT2D eigenvalue weighted by atomic mass is 10.1. The number of esters is 1. The minimum atomic E-state index is -0.516. The molecule has 1 heterocycles. The second kappa shape index (κ2) is 12.1. The van der Waals surface area contributed by atoms with Crippen LogP contribution in [-0.4, -0.2) is 18.1 Å². The van der Waals surface area contributed by atoms with Crippen LogP contribution in [0.3, 0.4) is 0 Å². The molecule has 9 heteroatoms. The summed E-state index contributed by atoms with van der Waals surface area (Å²) >= 11 is 13.5. The SMILES string of the molecule is O=C(N/N=C/c1ccc(OC(=O)c2sc3ccccc3c2Cl)cc1)c1ccc(COc2ccc(Cl)cc2)cc1. The van der Waals surface area contributed by atoms with Crippen LogP contribution in [0.2, 0.25) is 10.0 Å². The number of carbonyl (C=O) groups is 2. The Hall–Kier alpha value is -4.17. The van der Waals surface area contributed by atoms with Crippen LogP contribution < -0.4 is 14.9 Å². The number of fused-ring (bicyclic) bond motifs is 1. The van der Waals surface area contributed by atoms with Gasteiger partial charge in [-0.3, -0.25) is 4.79 Å². The molecule has 0 fully saturated rings. The van der Waals surface area contributed by atoms with Crippen LogP contribution in [-0.2, 0) is 6.61 Å². The molecule has 0 saturated carbocycles. The van der Waals surface area contributed by atoms with E-state index in [1.165, 1.54) is 17.6 Å². The molecule has 0 bridgehead atoms. The van der Waals surface area contributed by atoms with Crippen molar-refractivity contribution in [3.05, 3.63) is 129 Å². The highest BCUT2D eigenvalue weighted by Gasteiger charge is 2.18. The minimum Gasteiger partial charge on any atom is -0.489 e. The summed E-state index contributed by atoms with van der Waals surface area (Å²) in [6.07, 6.45) is 1.50. The molecule has 5 aromatic rings. The number of carbonyl (C=O) groups excluding carboxylic acids is 2. The Morgan fingerprint density at radius 3 is 2.26 bits per heavy atom. The molecule has 39 heavy (non-hydrogen) atoms. The van der Waals surface area contributed by atoms with Gasteiger partial charge in [-0.25, -0.2) is 10.2 Å². The zero-order valence-corrected chi connectivity index (χ0v) is 22.6. The fourth-order valence-corrected chi connectivity index (χ4v) is 5.11. The van der Waals surface area contributed by atoms with Crippen LogP contribution in [0.25, 0.3) is 10.1 Å². The number of thiophene rings is 1. The first kappa shape index (κ1) is 26.4. The number of halogens is 2. The van der Waals surface area contributed by atoms with Crippen molar-refractivity contribution in [1.82, 2.24) is 5.43 Å². The highest BCUT2D eigenvalue weighted by molar-refractivity contribution is 7.21. The average molecular weight is 575 g/mol. The number of benzene rings is 4. The third-order valence-electron chi connectivity index (χ3n) is 5.63. The Morgan fingerprint density at radius 1 is 0.846 bits per heavy atom. The molecule has 4 aromatic carbocycles. The van der Waals surface area contributed by atoms with E-state index < -0.39 is 5.97 Å². The van der Waals surface area contributed by atoms with Gasteiger partial charge >= 0.3 is 5.97 Å². The summed E-state index contributed by atoms with van der Waals surface area (Å²) < 4.78 is 12.1. The molecule has 0 unspecified atom stereocenters. The van der Waals surface area contributed by atoms with Crippen molar-refractivity contribution in [2.75, 3.05) is 0 Å². The van der Waals surface area contributed by atoms with E-state index in [4.69, 9.17) is 32.7 Å².